The Hall–Kier alpha value is -1.51. The number of benzene rings is 1. The average Bonchev–Trinajstić information content (AvgIpc) is 2.66. The molecule has 1 aromatic rings. The fourth-order valence-electron chi connectivity index (χ4n) is 2.96. The van der Waals surface area contributed by atoms with E-state index in [9.17, 15) is 9.90 Å². The van der Waals surface area contributed by atoms with Gasteiger partial charge in [-0.3, -0.25) is 0 Å². The van der Waals surface area contributed by atoms with Crippen LogP contribution in [0.3, 0.4) is 0 Å². The summed E-state index contributed by atoms with van der Waals surface area (Å²) in [4.78, 5) is 13.5. The average molecular weight is 261 g/mol. The first-order valence-electron chi connectivity index (χ1n) is 7.16. The minimum Gasteiger partial charge on any atom is -0.478 e. The lowest BCUT2D eigenvalue weighted by Crippen LogP contribution is -2.32. The van der Waals surface area contributed by atoms with Crippen molar-refractivity contribution in [3.05, 3.63) is 29.3 Å². The van der Waals surface area contributed by atoms with Crippen LogP contribution in [0, 0.1) is 6.92 Å². The van der Waals surface area contributed by atoms with Crippen LogP contribution >= 0.6 is 0 Å². The topological polar surface area (TPSA) is 40.5 Å². The number of anilines is 1. The second-order valence-corrected chi connectivity index (χ2v) is 5.58. The van der Waals surface area contributed by atoms with Gasteiger partial charge in [0.05, 0.1) is 11.3 Å². The van der Waals surface area contributed by atoms with Gasteiger partial charge in [-0.05, 0) is 37.5 Å². The van der Waals surface area contributed by atoms with Crippen molar-refractivity contribution in [2.45, 2.75) is 51.5 Å². The van der Waals surface area contributed by atoms with E-state index in [1.54, 1.807) is 6.07 Å². The van der Waals surface area contributed by atoms with Crippen LogP contribution < -0.4 is 4.90 Å². The largest absolute Gasteiger partial charge is 0.478 e. The number of hydrogen-bond donors (Lipinski definition) is 1. The lowest BCUT2D eigenvalue weighted by atomic mass is 10.0. The van der Waals surface area contributed by atoms with Crippen LogP contribution in [0.1, 0.15) is 54.4 Å². The molecule has 0 amide bonds. The van der Waals surface area contributed by atoms with E-state index in [4.69, 9.17) is 0 Å². The summed E-state index contributed by atoms with van der Waals surface area (Å²) in [5.41, 5.74) is 2.39. The van der Waals surface area contributed by atoms with Crippen LogP contribution in [-0.4, -0.2) is 24.2 Å². The number of rotatable bonds is 3. The summed E-state index contributed by atoms with van der Waals surface area (Å²) < 4.78 is 0. The van der Waals surface area contributed by atoms with Crippen LogP contribution in [0.4, 0.5) is 5.69 Å². The van der Waals surface area contributed by atoms with Gasteiger partial charge in [0.1, 0.15) is 0 Å². The summed E-state index contributed by atoms with van der Waals surface area (Å²) in [5, 5.41) is 9.33. The number of carbonyl (C=O) groups is 1. The maximum atomic E-state index is 11.4. The van der Waals surface area contributed by atoms with E-state index in [1.165, 1.54) is 38.5 Å². The molecule has 3 heteroatoms. The molecule has 1 fully saturated rings. The van der Waals surface area contributed by atoms with Gasteiger partial charge in [0.2, 0.25) is 0 Å². The third-order valence-corrected chi connectivity index (χ3v) is 4.14. The lowest BCUT2D eigenvalue weighted by molar-refractivity contribution is 0.0697. The highest BCUT2D eigenvalue weighted by Crippen LogP contribution is 2.28. The second kappa shape index (κ2) is 6.09. The summed E-state index contributed by atoms with van der Waals surface area (Å²) in [6.07, 6.45) is 7.47. The number of aryl methyl sites for hydroxylation is 1. The van der Waals surface area contributed by atoms with E-state index in [1.807, 2.05) is 26.1 Å². The van der Waals surface area contributed by atoms with Crippen molar-refractivity contribution in [3.8, 4) is 0 Å². The Bertz CT molecular complexity index is 448. The molecule has 104 valence electrons. The molecule has 1 N–H and O–H groups in total. The van der Waals surface area contributed by atoms with Crippen LogP contribution in [0.5, 0.6) is 0 Å². The van der Waals surface area contributed by atoms with Crippen molar-refractivity contribution in [1.29, 1.82) is 0 Å². The molecule has 1 aromatic carbocycles. The number of carboxylic acid groups (broad SMARTS) is 1. The third-order valence-electron chi connectivity index (χ3n) is 4.14. The summed E-state index contributed by atoms with van der Waals surface area (Å²) in [6.45, 7) is 2.01. The van der Waals surface area contributed by atoms with E-state index in [2.05, 4.69) is 4.90 Å². The summed E-state index contributed by atoms with van der Waals surface area (Å²) >= 11 is 0. The van der Waals surface area contributed by atoms with E-state index in [0.29, 0.717) is 11.6 Å². The summed E-state index contributed by atoms with van der Waals surface area (Å²) in [5.74, 6) is -0.838. The van der Waals surface area contributed by atoms with Crippen molar-refractivity contribution in [2.24, 2.45) is 0 Å². The van der Waals surface area contributed by atoms with E-state index in [0.717, 1.165) is 11.3 Å². The van der Waals surface area contributed by atoms with Gasteiger partial charge in [-0.25, -0.2) is 4.79 Å². The third kappa shape index (κ3) is 3.28. The number of carboxylic acids is 1. The standard InChI is InChI=1S/C16H23NO2/c1-12-9-10-14(16(18)19)15(11-12)17(2)13-7-5-3-4-6-8-13/h9-11,13H,3-8H2,1-2H3,(H,18,19). The normalized spacial score (nSPS) is 16.9. The molecule has 0 aliphatic heterocycles. The van der Waals surface area contributed by atoms with Crippen molar-refractivity contribution in [3.63, 3.8) is 0 Å². The van der Waals surface area contributed by atoms with E-state index >= 15 is 0 Å². The molecule has 1 aliphatic rings. The monoisotopic (exact) mass is 261 g/mol. The smallest absolute Gasteiger partial charge is 0.337 e. The molecule has 0 radical (unpaired) electrons. The molecule has 0 atom stereocenters. The Morgan fingerprint density at radius 1 is 1.21 bits per heavy atom. The molecule has 0 unspecified atom stereocenters. The fourth-order valence-corrected chi connectivity index (χ4v) is 2.96. The van der Waals surface area contributed by atoms with Gasteiger partial charge >= 0.3 is 5.97 Å². The van der Waals surface area contributed by atoms with Crippen molar-refractivity contribution < 1.29 is 9.90 Å². The Morgan fingerprint density at radius 2 is 1.84 bits per heavy atom. The maximum absolute atomic E-state index is 11.4. The van der Waals surface area contributed by atoms with Gasteiger partial charge in [-0.1, -0.05) is 31.7 Å². The SMILES string of the molecule is Cc1ccc(C(=O)O)c(N(C)C2CCCCCC2)c1. The maximum Gasteiger partial charge on any atom is 0.337 e. The molecule has 1 saturated carbocycles. The first-order chi connectivity index (χ1) is 9.09. The Labute approximate surface area is 115 Å². The zero-order valence-corrected chi connectivity index (χ0v) is 11.9. The van der Waals surface area contributed by atoms with Crippen molar-refractivity contribution in [2.75, 3.05) is 11.9 Å². The van der Waals surface area contributed by atoms with Gasteiger partial charge < -0.3 is 10.0 Å². The molecular weight excluding hydrogens is 238 g/mol. The van der Waals surface area contributed by atoms with Crippen LogP contribution in [0.2, 0.25) is 0 Å². The number of aromatic carboxylic acids is 1. The predicted octanol–water partition coefficient (Wildman–Crippen LogP) is 3.85. The van der Waals surface area contributed by atoms with Crippen LogP contribution in [0.25, 0.3) is 0 Å². The molecular formula is C16H23NO2. The molecule has 19 heavy (non-hydrogen) atoms. The Balaban J connectivity index is 2.28. The number of nitrogens with zero attached hydrogens (tertiary/aromatic N) is 1. The van der Waals surface area contributed by atoms with E-state index in [-0.39, 0.29) is 0 Å². The highest BCUT2D eigenvalue weighted by atomic mass is 16.4. The van der Waals surface area contributed by atoms with Gasteiger partial charge in [0.25, 0.3) is 0 Å². The molecule has 3 nitrogen and oxygen atoms in total. The van der Waals surface area contributed by atoms with Gasteiger partial charge in [0, 0.05) is 13.1 Å². The molecule has 0 spiro atoms. The minimum absolute atomic E-state index is 0.414. The highest BCUT2D eigenvalue weighted by molar-refractivity contribution is 5.94. The van der Waals surface area contributed by atoms with E-state index < -0.39 is 5.97 Å². The zero-order valence-electron chi connectivity index (χ0n) is 11.9. The van der Waals surface area contributed by atoms with Gasteiger partial charge in [-0.2, -0.15) is 0 Å². The van der Waals surface area contributed by atoms with Crippen LogP contribution in [0.15, 0.2) is 18.2 Å². The Kier molecular flexibility index (Phi) is 4.46. The summed E-state index contributed by atoms with van der Waals surface area (Å²) in [6, 6.07) is 6.06. The first kappa shape index (κ1) is 13.9. The summed E-state index contributed by atoms with van der Waals surface area (Å²) in [7, 11) is 2.04. The Morgan fingerprint density at radius 3 is 2.42 bits per heavy atom. The lowest BCUT2D eigenvalue weighted by Gasteiger charge is -2.30. The van der Waals surface area contributed by atoms with Gasteiger partial charge in [0.15, 0.2) is 0 Å². The number of hydrogen-bond acceptors (Lipinski definition) is 2. The quantitative estimate of drug-likeness (QED) is 0.840. The second-order valence-electron chi connectivity index (χ2n) is 5.58. The molecule has 1 aliphatic carbocycles. The minimum atomic E-state index is -0.838. The molecule has 2 rings (SSSR count). The molecule has 0 bridgehead atoms. The first-order valence-corrected chi connectivity index (χ1v) is 7.16. The zero-order chi connectivity index (χ0) is 13.8. The van der Waals surface area contributed by atoms with Crippen LogP contribution in [-0.2, 0) is 0 Å². The van der Waals surface area contributed by atoms with Crippen molar-refractivity contribution >= 4 is 11.7 Å². The van der Waals surface area contributed by atoms with Crippen molar-refractivity contribution in [1.82, 2.24) is 0 Å². The molecule has 0 aromatic heterocycles. The molecule has 0 heterocycles. The molecule has 0 saturated heterocycles. The predicted molar refractivity (Wildman–Crippen MR) is 78.0 cm³/mol. The van der Waals surface area contributed by atoms with Gasteiger partial charge in [-0.15, -0.1) is 0 Å². The highest BCUT2D eigenvalue weighted by Gasteiger charge is 2.21. The fraction of sp³-hybridized carbons (Fsp3) is 0.562.